The van der Waals surface area contributed by atoms with Gasteiger partial charge >= 0.3 is 0 Å². The Bertz CT molecular complexity index is 2650. The van der Waals surface area contributed by atoms with Gasteiger partial charge in [-0.3, -0.25) is 0 Å². The lowest BCUT2D eigenvalue weighted by atomic mass is 9.12. The number of rotatable bonds is 7. The summed E-state index contributed by atoms with van der Waals surface area (Å²) in [4.78, 5) is 4.44. The van der Waals surface area contributed by atoms with Crippen LogP contribution >= 0.6 is 15.9 Å². The molecule has 0 saturated heterocycles. The Balaban J connectivity index is 0.000000289. The van der Waals surface area contributed by atoms with E-state index in [1.165, 1.54) is 5.56 Å². The molecule has 0 unspecified atom stereocenters. The summed E-state index contributed by atoms with van der Waals surface area (Å²) in [5, 5.41) is 0. The molecule has 1 heterocycles. The van der Waals surface area contributed by atoms with Gasteiger partial charge in [-0.1, -0.05) is 58.4 Å². The second-order valence-corrected chi connectivity index (χ2v) is 14.3. The first-order valence-corrected chi connectivity index (χ1v) is 18.2. The van der Waals surface area contributed by atoms with Gasteiger partial charge in [0, 0.05) is 15.6 Å². The number of hydrogen-bond donors (Lipinski definition) is 0. The number of hydrogen-bond acceptors (Lipinski definition) is 1. The van der Waals surface area contributed by atoms with E-state index in [4.69, 9.17) is 0 Å². The van der Waals surface area contributed by atoms with Gasteiger partial charge in [0.15, 0.2) is 88.7 Å². The molecule has 0 aliphatic rings. The van der Waals surface area contributed by atoms with Crippen LogP contribution in [0.4, 0.5) is 87.8 Å². The quantitative estimate of drug-likeness (QED) is 0.0512. The third-order valence-corrected chi connectivity index (χ3v) is 10.3. The highest BCUT2D eigenvalue weighted by molar-refractivity contribution is 9.10. The second-order valence-electron chi connectivity index (χ2n) is 13.4. The fraction of sp³-hybridized carbons (Fsp3) is 0.0244. The molecule has 0 bridgehead atoms. The molecule has 1 aromatic heterocycles. The molecule has 0 aliphatic heterocycles. The van der Waals surface area contributed by atoms with Crippen molar-refractivity contribution in [1.82, 2.24) is 4.98 Å². The number of aromatic nitrogens is 2. The topological polar surface area (TPSA) is 16.8 Å². The van der Waals surface area contributed by atoms with Gasteiger partial charge in [-0.2, -0.15) is 4.57 Å². The molecular formula is C41H14BBrF20N2. The number of benzene rings is 6. The largest absolute Gasteiger partial charge is 0.244 e. The van der Waals surface area contributed by atoms with Crippen molar-refractivity contribution in [3.8, 4) is 11.3 Å². The Morgan fingerprint density at radius 3 is 0.985 bits per heavy atom. The van der Waals surface area contributed by atoms with E-state index >= 15 is 35.1 Å². The zero-order valence-corrected chi connectivity index (χ0v) is 32.6. The fourth-order valence-corrected chi connectivity index (χ4v) is 7.23. The fourth-order valence-electron chi connectivity index (χ4n) is 6.97. The average Bonchev–Trinajstić information content (AvgIpc) is 3.29. The van der Waals surface area contributed by atoms with Crippen molar-refractivity contribution in [2.24, 2.45) is 0 Å². The lowest BCUT2D eigenvalue weighted by Crippen LogP contribution is -2.81. The molecule has 7 rings (SSSR count). The van der Waals surface area contributed by atoms with Crippen molar-refractivity contribution in [2.45, 2.75) is 6.54 Å². The van der Waals surface area contributed by atoms with Gasteiger partial charge in [-0.05, 0) is 12.1 Å². The Morgan fingerprint density at radius 2 is 0.677 bits per heavy atom. The normalized spacial score (nSPS) is 11.5. The standard InChI is InChI=1S/C24BF20.C17H14BrN2/c26-5-1(6(27)14(35)21(42)13(5)34)25(2-7(28)15(36)22(43)16(37)8(2)29,3-9(30)17(38)23(44)18(39)10(3)31)4-11(32)19(40)24(45)20(41)12(4)33;18-16-8-6-15(7-9-16)17-13-20(11-10-19-17)12-14-4-2-1-3-5-14/h;1-11,13H,12H2/q-1;+1. The van der Waals surface area contributed by atoms with Crippen LogP contribution in [0.25, 0.3) is 11.3 Å². The minimum absolute atomic E-state index is 0.854. The second kappa shape index (κ2) is 18.2. The Kier molecular flexibility index (Phi) is 13.4. The maximum absolute atomic E-state index is 15.4. The first-order valence-electron chi connectivity index (χ1n) is 17.4. The van der Waals surface area contributed by atoms with Gasteiger partial charge in [0.1, 0.15) is 58.4 Å². The highest BCUT2D eigenvalue weighted by atomic mass is 79.9. The minimum atomic E-state index is -7.22. The molecule has 65 heavy (non-hydrogen) atoms. The van der Waals surface area contributed by atoms with Gasteiger partial charge in [0.05, 0.1) is 6.20 Å². The summed E-state index contributed by atoms with van der Waals surface area (Å²) in [7, 11) is 0. The molecule has 0 saturated carbocycles. The highest BCUT2D eigenvalue weighted by Crippen LogP contribution is 2.31. The Labute approximate surface area is 358 Å². The van der Waals surface area contributed by atoms with E-state index in [0.717, 1.165) is 22.3 Å². The maximum atomic E-state index is 15.4. The van der Waals surface area contributed by atoms with E-state index in [9.17, 15) is 52.7 Å². The highest BCUT2D eigenvalue weighted by Gasteiger charge is 2.52. The van der Waals surface area contributed by atoms with E-state index in [2.05, 4.69) is 68.1 Å². The van der Waals surface area contributed by atoms with E-state index in [-0.39, 0.29) is 0 Å². The van der Waals surface area contributed by atoms with Crippen LogP contribution in [0.2, 0.25) is 0 Å². The van der Waals surface area contributed by atoms with Gasteiger partial charge < -0.3 is 0 Å². The Morgan fingerprint density at radius 1 is 0.385 bits per heavy atom. The molecule has 7 aromatic rings. The summed E-state index contributed by atoms with van der Waals surface area (Å²) in [6.07, 6.45) is -1.29. The lowest BCUT2D eigenvalue weighted by molar-refractivity contribution is -0.688. The number of halogens is 21. The molecular weight excluding hydrogens is 991 g/mol. The molecule has 0 spiro atoms. The van der Waals surface area contributed by atoms with E-state index in [1.54, 1.807) is 0 Å². The van der Waals surface area contributed by atoms with Crippen LogP contribution in [0.3, 0.4) is 0 Å². The molecule has 338 valence electrons. The summed E-state index contributed by atoms with van der Waals surface area (Å²) in [6, 6.07) is 18.6. The smallest absolute Gasteiger partial charge is 0.200 e. The zero-order valence-electron chi connectivity index (χ0n) is 31.0. The summed E-state index contributed by atoms with van der Waals surface area (Å²) in [5.74, 6) is -71.4. The zero-order chi connectivity index (χ0) is 48.1. The van der Waals surface area contributed by atoms with E-state index < -0.39 is 144 Å². The van der Waals surface area contributed by atoms with Crippen molar-refractivity contribution in [3.05, 3.63) is 200 Å². The predicted octanol–water partition coefficient (Wildman–Crippen LogP) is 9.69. The molecule has 0 amide bonds. The van der Waals surface area contributed by atoms with Gasteiger partial charge in [-0.25, -0.2) is 92.8 Å². The summed E-state index contributed by atoms with van der Waals surface area (Å²) < 4.78 is 297. The van der Waals surface area contributed by atoms with Crippen molar-refractivity contribution < 1.29 is 92.4 Å². The summed E-state index contributed by atoms with van der Waals surface area (Å²) >= 11 is 3.45. The molecule has 2 nitrogen and oxygen atoms in total. The van der Waals surface area contributed by atoms with Crippen LogP contribution in [0.1, 0.15) is 5.56 Å². The van der Waals surface area contributed by atoms with Crippen LogP contribution in [-0.2, 0) is 6.54 Å². The monoisotopic (exact) mass is 1000 g/mol. The van der Waals surface area contributed by atoms with Crippen molar-refractivity contribution in [3.63, 3.8) is 0 Å². The van der Waals surface area contributed by atoms with Crippen molar-refractivity contribution in [1.29, 1.82) is 0 Å². The molecule has 0 fully saturated rings. The van der Waals surface area contributed by atoms with E-state index in [1.807, 2.05) is 30.6 Å². The Hall–Kier alpha value is -6.46. The minimum Gasteiger partial charge on any atom is -0.244 e. The van der Waals surface area contributed by atoms with Gasteiger partial charge in [0.2, 0.25) is 0 Å². The molecule has 24 heteroatoms. The van der Waals surface area contributed by atoms with Crippen molar-refractivity contribution >= 4 is 43.9 Å². The summed E-state index contributed by atoms with van der Waals surface area (Å²) in [6.45, 7) is 0.854. The van der Waals surface area contributed by atoms with Crippen LogP contribution in [0.15, 0.2) is 77.7 Å². The first kappa shape index (κ1) is 48.0. The van der Waals surface area contributed by atoms with Crippen LogP contribution < -0.4 is 26.4 Å². The van der Waals surface area contributed by atoms with Crippen LogP contribution in [0, 0.1) is 116 Å². The van der Waals surface area contributed by atoms with Crippen molar-refractivity contribution in [2.75, 3.05) is 0 Å². The maximum Gasteiger partial charge on any atom is 0.200 e. The SMILES string of the molecule is Brc1ccc(-c2c[n+](Cc3ccccc3)ccn2)cc1.Fc1c(F)c(F)c([B-](c2c(F)c(F)c(F)c(F)c2F)(c2c(F)c(F)c(F)c(F)c2F)c2c(F)c(F)c(F)c(F)c2F)c(F)c1F. The first-order chi connectivity index (χ1) is 30.5. The molecule has 0 N–H and O–H groups in total. The molecule has 0 aliphatic carbocycles. The van der Waals surface area contributed by atoms with Crippen LogP contribution in [-0.4, -0.2) is 11.1 Å². The number of nitrogens with zero attached hydrogens (tertiary/aromatic N) is 2. The third kappa shape index (κ3) is 7.94. The van der Waals surface area contributed by atoms with E-state index in [0.29, 0.717) is 0 Å². The molecule has 0 atom stereocenters. The van der Waals surface area contributed by atoms with Gasteiger partial charge in [-0.15, -0.1) is 21.9 Å². The lowest BCUT2D eigenvalue weighted by Gasteiger charge is -2.44. The van der Waals surface area contributed by atoms with Gasteiger partial charge in [0.25, 0.3) is 0 Å². The summed E-state index contributed by atoms with van der Waals surface area (Å²) in [5.41, 5.74) is -10.9. The third-order valence-electron chi connectivity index (χ3n) is 9.81. The molecule has 0 radical (unpaired) electrons. The molecule has 6 aromatic carbocycles. The predicted molar refractivity (Wildman–Crippen MR) is 192 cm³/mol. The average molecular weight is 1010 g/mol. The van der Waals surface area contributed by atoms with Crippen LogP contribution in [0.5, 0.6) is 0 Å².